The first-order chi connectivity index (χ1) is 12.1. The van der Waals surface area contributed by atoms with E-state index >= 15 is 0 Å². The molecule has 1 aliphatic rings. The summed E-state index contributed by atoms with van der Waals surface area (Å²) in [5, 5.41) is 14.5. The lowest BCUT2D eigenvalue weighted by molar-refractivity contribution is -0.384. The van der Waals surface area contributed by atoms with Crippen molar-refractivity contribution in [3.05, 3.63) is 33.9 Å². The van der Waals surface area contributed by atoms with Gasteiger partial charge in [-0.25, -0.2) is 0 Å². The zero-order valence-corrected chi connectivity index (χ0v) is 15.3. The van der Waals surface area contributed by atoms with Gasteiger partial charge in [0.05, 0.1) is 4.92 Å². The summed E-state index contributed by atoms with van der Waals surface area (Å²) in [6.07, 6.45) is 7.30. The van der Waals surface area contributed by atoms with E-state index < -0.39 is 0 Å². The van der Waals surface area contributed by atoms with Crippen molar-refractivity contribution in [3.63, 3.8) is 0 Å². The Morgan fingerprint density at radius 2 is 2.00 bits per heavy atom. The van der Waals surface area contributed by atoms with Gasteiger partial charge in [0.1, 0.15) is 5.69 Å². The van der Waals surface area contributed by atoms with Gasteiger partial charge in [-0.05, 0) is 37.8 Å². The average molecular weight is 347 g/mol. The summed E-state index contributed by atoms with van der Waals surface area (Å²) in [7, 11) is 0. The van der Waals surface area contributed by atoms with Crippen molar-refractivity contribution >= 4 is 17.3 Å². The topological polar surface area (TPSA) is 75.5 Å². The number of carbonyl (C=O) groups excluding carboxylic acids is 1. The molecule has 1 unspecified atom stereocenters. The van der Waals surface area contributed by atoms with Gasteiger partial charge in [-0.1, -0.05) is 33.1 Å². The Balaban J connectivity index is 2.11. The number of benzene rings is 1. The van der Waals surface area contributed by atoms with Crippen LogP contribution in [0.4, 0.5) is 11.4 Å². The molecular weight excluding hydrogens is 318 g/mol. The quantitative estimate of drug-likeness (QED) is 0.411. The fraction of sp³-hybridized carbons (Fsp3) is 0.632. The smallest absolute Gasteiger partial charge is 0.293 e. The maximum Gasteiger partial charge on any atom is 0.293 e. The van der Waals surface area contributed by atoms with Gasteiger partial charge in [0.25, 0.3) is 11.6 Å². The SMILES string of the molecule is CCCCCC(CC)NC(=O)c1ccc(N2CCCC2)c([N+](=O)[O-])c1. The molecule has 25 heavy (non-hydrogen) atoms. The van der Waals surface area contributed by atoms with E-state index in [0.29, 0.717) is 11.3 Å². The third kappa shape index (κ3) is 5.18. The summed E-state index contributed by atoms with van der Waals surface area (Å²) in [5.74, 6) is -0.223. The van der Waals surface area contributed by atoms with Crippen LogP contribution in [-0.2, 0) is 0 Å². The van der Waals surface area contributed by atoms with Crippen molar-refractivity contribution in [1.29, 1.82) is 0 Å². The third-order valence-electron chi connectivity index (χ3n) is 4.87. The normalized spacial score (nSPS) is 15.2. The molecule has 0 aromatic heterocycles. The number of hydrogen-bond acceptors (Lipinski definition) is 4. The van der Waals surface area contributed by atoms with Crippen molar-refractivity contribution in [2.75, 3.05) is 18.0 Å². The molecule has 138 valence electrons. The number of carbonyl (C=O) groups is 1. The third-order valence-corrected chi connectivity index (χ3v) is 4.87. The monoisotopic (exact) mass is 347 g/mol. The highest BCUT2D eigenvalue weighted by Crippen LogP contribution is 2.31. The minimum atomic E-state index is -0.386. The molecule has 1 aromatic rings. The van der Waals surface area contributed by atoms with Gasteiger partial charge in [0.15, 0.2) is 0 Å². The van der Waals surface area contributed by atoms with Crippen LogP contribution < -0.4 is 10.2 Å². The number of anilines is 1. The first-order valence-electron chi connectivity index (χ1n) is 9.41. The fourth-order valence-corrected chi connectivity index (χ4v) is 3.32. The number of amides is 1. The van der Waals surface area contributed by atoms with E-state index in [0.717, 1.165) is 58.0 Å². The molecule has 1 amide bonds. The van der Waals surface area contributed by atoms with E-state index in [1.807, 2.05) is 4.90 Å². The van der Waals surface area contributed by atoms with Crippen molar-refractivity contribution in [3.8, 4) is 0 Å². The maximum atomic E-state index is 12.5. The van der Waals surface area contributed by atoms with E-state index in [1.165, 1.54) is 6.07 Å². The molecule has 1 N–H and O–H groups in total. The molecule has 1 atom stereocenters. The van der Waals surface area contributed by atoms with Crippen LogP contribution in [0.25, 0.3) is 0 Å². The lowest BCUT2D eigenvalue weighted by Gasteiger charge is -2.19. The van der Waals surface area contributed by atoms with Crippen molar-refractivity contribution in [2.24, 2.45) is 0 Å². The summed E-state index contributed by atoms with van der Waals surface area (Å²) in [4.78, 5) is 25.6. The van der Waals surface area contributed by atoms with Gasteiger partial charge >= 0.3 is 0 Å². The number of hydrogen-bond donors (Lipinski definition) is 1. The first kappa shape index (κ1) is 19.2. The molecule has 0 radical (unpaired) electrons. The predicted molar refractivity (Wildman–Crippen MR) is 100 cm³/mol. The zero-order chi connectivity index (χ0) is 18.2. The summed E-state index contributed by atoms with van der Waals surface area (Å²) >= 11 is 0. The van der Waals surface area contributed by atoms with Crippen molar-refractivity contribution in [2.45, 2.75) is 64.8 Å². The zero-order valence-electron chi connectivity index (χ0n) is 15.3. The van der Waals surface area contributed by atoms with Crippen LogP contribution in [0.3, 0.4) is 0 Å². The van der Waals surface area contributed by atoms with Gasteiger partial charge in [-0.15, -0.1) is 0 Å². The van der Waals surface area contributed by atoms with Crippen LogP contribution in [0, 0.1) is 10.1 Å². The minimum absolute atomic E-state index is 0.0218. The maximum absolute atomic E-state index is 12.5. The Kier molecular flexibility index (Phi) is 7.22. The van der Waals surface area contributed by atoms with Crippen LogP contribution in [0.15, 0.2) is 18.2 Å². The summed E-state index contributed by atoms with van der Waals surface area (Å²) < 4.78 is 0. The van der Waals surface area contributed by atoms with E-state index in [-0.39, 0.29) is 22.6 Å². The molecule has 1 saturated heterocycles. The van der Waals surface area contributed by atoms with Crippen molar-refractivity contribution in [1.82, 2.24) is 5.32 Å². The molecule has 0 spiro atoms. The second-order valence-electron chi connectivity index (χ2n) is 6.73. The number of nitrogens with one attached hydrogen (secondary N) is 1. The lowest BCUT2D eigenvalue weighted by atomic mass is 10.1. The summed E-state index contributed by atoms with van der Waals surface area (Å²) in [6, 6.07) is 4.96. The Hall–Kier alpha value is -2.11. The van der Waals surface area contributed by atoms with Crippen LogP contribution in [0.1, 0.15) is 69.2 Å². The van der Waals surface area contributed by atoms with Gasteiger partial charge in [0.2, 0.25) is 0 Å². The van der Waals surface area contributed by atoms with Gasteiger partial charge < -0.3 is 10.2 Å². The number of rotatable bonds is 9. The fourth-order valence-electron chi connectivity index (χ4n) is 3.32. The number of nitro groups is 1. The van der Waals surface area contributed by atoms with E-state index in [4.69, 9.17) is 0 Å². The Morgan fingerprint density at radius 3 is 2.60 bits per heavy atom. The molecule has 1 aromatic carbocycles. The first-order valence-corrected chi connectivity index (χ1v) is 9.41. The Bertz CT molecular complexity index is 598. The summed E-state index contributed by atoms with van der Waals surface area (Å²) in [5.41, 5.74) is 1.01. The lowest BCUT2D eigenvalue weighted by Crippen LogP contribution is -2.34. The molecule has 6 heteroatoms. The van der Waals surface area contributed by atoms with E-state index in [9.17, 15) is 14.9 Å². The van der Waals surface area contributed by atoms with Crippen molar-refractivity contribution < 1.29 is 9.72 Å². The highest BCUT2D eigenvalue weighted by atomic mass is 16.6. The number of nitro benzene ring substituents is 1. The molecule has 2 rings (SSSR count). The summed E-state index contributed by atoms with van der Waals surface area (Å²) in [6.45, 7) is 5.87. The second kappa shape index (κ2) is 9.39. The average Bonchev–Trinajstić information content (AvgIpc) is 3.14. The molecule has 1 fully saturated rings. The van der Waals surface area contributed by atoms with Crippen LogP contribution >= 0.6 is 0 Å². The molecular formula is C19H29N3O3. The molecule has 1 aliphatic heterocycles. The van der Waals surface area contributed by atoms with E-state index in [2.05, 4.69) is 19.2 Å². The number of unbranched alkanes of at least 4 members (excludes halogenated alkanes) is 2. The van der Waals surface area contributed by atoms with Gasteiger partial charge in [-0.3, -0.25) is 14.9 Å². The Labute approximate surface area is 149 Å². The van der Waals surface area contributed by atoms with Gasteiger partial charge in [-0.2, -0.15) is 0 Å². The Morgan fingerprint density at radius 1 is 1.28 bits per heavy atom. The molecule has 0 bridgehead atoms. The number of nitrogens with zero attached hydrogens (tertiary/aromatic N) is 2. The predicted octanol–water partition coefficient (Wildman–Crippen LogP) is 4.28. The standard InChI is InChI=1S/C19H29N3O3/c1-3-5-6-9-16(4-2)20-19(23)15-10-11-17(18(14-15)22(24)25)21-12-7-8-13-21/h10-11,14,16H,3-9,12-13H2,1-2H3,(H,20,23). The molecule has 0 saturated carbocycles. The minimum Gasteiger partial charge on any atom is -0.366 e. The highest BCUT2D eigenvalue weighted by Gasteiger charge is 2.24. The van der Waals surface area contributed by atoms with E-state index in [1.54, 1.807) is 12.1 Å². The molecule has 6 nitrogen and oxygen atoms in total. The highest BCUT2D eigenvalue weighted by molar-refractivity contribution is 5.96. The second-order valence-corrected chi connectivity index (χ2v) is 6.73. The molecule has 1 heterocycles. The largest absolute Gasteiger partial charge is 0.366 e. The van der Waals surface area contributed by atoms with Crippen LogP contribution in [0.2, 0.25) is 0 Å². The van der Waals surface area contributed by atoms with Gasteiger partial charge in [0, 0.05) is 30.8 Å². The van der Waals surface area contributed by atoms with Crippen LogP contribution in [-0.4, -0.2) is 30.0 Å². The van der Waals surface area contributed by atoms with Crippen LogP contribution in [0.5, 0.6) is 0 Å². The molecule has 0 aliphatic carbocycles.